The summed E-state index contributed by atoms with van der Waals surface area (Å²) in [7, 11) is 1.99. The first-order chi connectivity index (χ1) is 9.80. The molecule has 0 radical (unpaired) electrons. The van der Waals surface area contributed by atoms with Gasteiger partial charge >= 0.3 is 0 Å². The minimum atomic E-state index is 0.0124. The highest BCUT2D eigenvalue weighted by atomic mass is 32.2. The summed E-state index contributed by atoms with van der Waals surface area (Å²) in [5, 5.41) is 3.86. The van der Waals surface area contributed by atoms with Gasteiger partial charge in [0.1, 0.15) is 0 Å². The molecule has 2 atom stereocenters. The first-order valence-electron chi connectivity index (χ1n) is 7.42. The second-order valence-electron chi connectivity index (χ2n) is 5.74. The van der Waals surface area contributed by atoms with Crippen LogP contribution in [0, 0.1) is 0 Å². The highest BCUT2D eigenvalue weighted by Gasteiger charge is 2.41. The SMILES string of the molecule is CNCc1cccc(SC2CCOC3(CCOC3)C2)c1. The zero-order valence-corrected chi connectivity index (χ0v) is 12.9. The molecule has 2 aliphatic heterocycles. The molecular formula is C16H23NO2S. The third-order valence-electron chi connectivity index (χ3n) is 4.10. The van der Waals surface area contributed by atoms with Crippen molar-refractivity contribution in [1.82, 2.24) is 5.32 Å². The van der Waals surface area contributed by atoms with Crippen molar-refractivity contribution >= 4 is 11.8 Å². The average molecular weight is 293 g/mol. The molecule has 0 bridgehead atoms. The van der Waals surface area contributed by atoms with E-state index in [9.17, 15) is 0 Å². The Kier molecular flexibility index (Phi) is 4.66. The maximum absolute atomic E-state index is 6.01. The van der Waals surface area contributed by atoms with Gasteiger partial charge in [-0.05, 0) is 37.6 Å². The lowest BCUT2D eigenvalue weighted by molar-refractivity contribution is -0.0769. The summed E-state index contributed by atoms with van der Waals surface area (Å²) in [4.78, 5) is 1.37. The van der Waals surface area contributed by atoms with Gasteiger partial charge in [0, 0.05) is 36.3 Å². The summed E-state index contributed by atoms with van der Waals surface area (Å²) in [6.45, 7) is 3.44. The van der Waals surface area contributed by atoms with Crippen LogP contribution in [0.5, 0.6) is 0 Å². The Bertz CT molecular complexity index is 446. The van der Waals surface area contributed by atoms with Gasteiger partial charge in [0.2, 0.25) is 0 Å². The van der Waals surface area contributed by atoms with E-state index in [1.54, 1.807) is 0 Å². The molecule has 1 aromatic carbocycles. The van der Waals surface area contributed by atoms with E-state index in [0.29, 0.717) is 5.25 Å². The number of ether oxygens (including phenoxy) is 2. The summed E-state index contributed by atoms with van der Waals surface area (Å²) in [6, 6.07) is 8.85. The minimum absolute atomic E-state index is 0.0124. The Labute approximate surface area is 125 Å². The van der Waals surface area contributed by atoms with Crippen molar-refractivity contribution in [2.45, 2.75) is 41.6 Å². The minimum Gasteiger partial charge on any atom is -0.378 e. The lowest BCUT2D eigenvalue weighted by atomic mass is 9.93. The molecule has 3 rings (SSSR count). The van der Waals surface area contributed by atoms with Crippen molar-refractivity contribution in [1.29, 1.82) is 0 Å². The molecule has 0 aromatic heterocycles. The molecule has 20 heavy (non-hydrogen) atoms. The van der Waals surface area contributed by atoms with Crippen LogP contribution in [-0.4, -0.2) is 37.7 Å². The summed E-state index contributed by atoms with van der Waals surface area (Å²) < 4.78 is 11.6. The van der Waals surface area contributed by atoms with Gasteiger partial charge in [-0.3, -0.25) is 0 Å². The van der Waals surface area contributed by atoms with Crippen molar-refractivity contribution in [2.75, 3.05) is 26.9 Å². The lowest BCUT2D eigenvalue weighted by Crippen LogP contribution is -2.41. The molecule has 2 unspecified atom stereocenters. The van der Waals surface area contributed by atoms with Gasteiger partial charge in [-0.2, -0.15) is 0 Å². The van der Waals surface area contributed by atoms with E-state index in [0.717, 1.165) is 45.6 Å². The van der Waals surface area contributed by atoms with E-state index in [1.165, 1.54) is 10.5 Å². The number of hydrogen-bond donors (Lipinski definition) is 1. The average Bonchev–Trinajstić information content (AvgIpc) is 2.87. The van der Waals surface area contributed by atoms with Gasteiger partial charge in [-0.1, -0.05) is 12.1 Å². The number of thioether (sulfide) groups is 1. The Balaban J connectivity index is 1.63. The molecule has 2 saturated heterocycles. The largest absolute Gasteiger partial charge is 0.378 e. The third kappa shape index (κ3) is 3.37. The zero-order valence-electron chi connectivity index (χ0n) is 12.1. The fourth-order valence-electron chi connectivity index (χ4n) is 3.07. The van der Waals surface area contributed by atoms with Crippen LogP contribution in [0.25, 0.3) is 0 Å². The van der Waals surface area contributed by atoms with Gasteiger partial charge in [-0.15, -0.1) is 11.8 Å². The van der Waals surface area contributed by atoms with Crippen LogP contribution in [0.3, 0.4) is 0 Å². The highest BCUT2D eigenvalue weighted by Crippen LogP contribution is 2.40. The van der Waals surface area contributed by atoms with Crippen LogP contribution >= 0.6 is 11.8 Å². The molecule has 1 N–H and O–H groups in total. The normalized spacial score (nSPS) is 29.9. The molecule has 1 spiro atoms. The quantitative estimate of drug-likeness (QED) is 0.925. The van der Waals surface area contributed by atoms with Crippen molar-refractivity contribution in [3.63, 3.8) is 0 Å². The van der Waals surface area contributed by atoms with Crippen molar-refractivity contribution in [2.24, 2.45) is 0 Å². The fourth-order valence-corrected chi connectivity index (χ4v) is 4.43. The number of nitrogens with one attached hydrogen (secondary N) is 1. The first kappa shape index (κ1) is 14.4. The Hall–Kier alpha value is -0.550. The smallest absolute Gasteiger partial charge is 0.0947 e. The van der Waals surface area contributed by atoms with Crippen LogP contribution in [0.15, 0.2) is 29.2 Å². The molecule has 0 amide bonds. The molecule has 2 heterocycles. The fraction of sp³-hybridized carbons (Fsp3) is 0.625. The molecule has 2 aliphatic rings. The maximum Gasteiger partial charge on any atom is 0.0947 e. The van der Waals surface area contributed by atoms with Gasteiger partial charge < -0.3 is 14.8 Å². The Morgan fingerprint density at radius 3 is 3.15 bits per heavy atom. The third-order valence-corrected chi connectivity index (χ3v) is 5.36. The van der Waals surface area contributed by atoms with Crippen LogP contribution in [-0.2, 0) is 16.0 Å². The molecule has 1 aromatic rings. The van der Waals surface area contributed by atoms with Gasteiger partial charge in [0.25, 0.3) is 0 Å². The van der Waals surface area contributed by atoms with E-state index in [1.807, 2.05) is 18.8 Å². The second-order valence-corrected chi connectivity index (χ2v) is 7.12. The number of rotatable bonds is 4. The summed E-state index contributed by atoms with van der Waals surface area (Å²) in [5.74, 6) is 0. The van der Waals surface area contributed by atoms with Gasteiger partial charge in [-0.25, -0.2) is 0 Å². The van der Waals surface area contributed by atoms with Gasteiger partial charge in [0.05, 0.1) is 12.2 Å². The summed E-state index contributed by atoms with van der Waals surface area (Å²) in [6.07, 6.45) is 3.32. The predicted molar refractivity (Wildman–Crippen MR) is 82.2 cm³/mol. The van der Waals surface area contributed by atoms with Crippen molar-refractivity contribution in [3.05, 3.63) is 29.8 Å². The monoisotopic (exact) mass is 293 g/mol. The van der Waals surface area contributed by atoms with Crippen LogP contribution in [0.2, 0.25) is 0 Å². The zero-order chi connectivity index (χ0) is 13.8. The molecule has 0 aliphatic carbocycles. The molecule has 0 saturated carbocycles. The highest BCUT2D eigenvalue weighted by molar-refractivity contribution is 8.00. The molecule has 3 nitrogen and oxygen atoms in total. The summed E-state index contributed by atoms with van der Waals surface area (Å²) >= 11 is 2.00. The topological polar surface area (TPSA) is 30.5 Å². The van der Waals surface area contributed by atoms with Crippen LogP contribution < -0.4 is 5.32 Å². The van der Waals surface area contributed by atoms with E-state index in [4.69, 9.17) is 9.47 Å². The van der Waals surface area contributed by atoms with Gasteiger partial charge in [0.15, 0.2) is 0 Å². The van der Waals surface area contributed by atoms with Crippen LogP contribution in [0.1, 0.15) is 24.8 Å². The van der Waals surface area contributed by atoms with Crippen molar-refractivity contribution in [3.8, 4) is 0 Å². The second kappa shape index (κ2) is 6.48. The first-order valence-corrected chi connectivity index (χ1v) is 8.30. The molecular weight excluding hydrogens is 270 g/mol. The lowest BCUT2D eigenvalue weighted by Gasteiger charge is -2.36. The maximum atomic E-state index is 6.01. The van der Waals surface area contributed by atoms with E-state index < -0.39 is 0 Å². The van der Waals surface area contributed by atoms with E-state index in [2.05, 4.69) is 29.6 Å². The molecule has 110 valence electrons. The standard InChI is InChI=1S/C16H23NO2S/c1-17-11-13-3-2-4-14(9-13)20-15-5-7-19-16(10-15)6-8-18-12-16/h2-4,9,15,17H,5-8,10-12H2,1H3. The van der Waals surface area contributed by atoms with Crippen LogP contribution in [0.4, 0.5) is 0 Å². The number of hydrogen-bond acceptors (Lipinski definition) is 4. The van der Waals surface area contributed by atoms with E-state index >= 15 is 0 Å². The number of benzene rings is 1. The Morgan fingerprint density at radius 2 is 2.35 bits per heavy atom. The molecule has 2 fully saturated rings. The Morgan fingerprint density at radius 1 is 1.40 bits per heavy atom. The predicted octanol–water partition coefficient (Wildman–Crippen LogP) is 2.84. The van der Waals surface area contributed by atoms with Crippen molar-refractivity contribution < 1.29 is 9.47 Å². The molecule has 4 heteroatoms. The van der Waals surface area contributed by atoms with E-state index in [-0.39, 0.29) is 5.60 Å². The summed E-state index contributed by atoms with van der Waals surface area (Å²) in [5.41, 5.74) is 1.36.